The highest BCUT2D eigenvalue weighted by molar-refractivity contribution is 7.80. The van der Waals surface area contributed by atoms with E-state index in [1.807, 2.05) is 4.90 Å². The molecule has 1 aromatic rings. The number of alkyl halides is 3. The van der Waals surface area contributed by atoms with E-state index < -0.39 is 11.7 Å². The van der Waals surface area contributed by atoms with E-state index in [4.69, 9.17) is 12.2 Å². The normalized spacial score (nSPS) is 16.6. The highest BCUT2D eigenvalue weighted by atomic mass is 32.1. The van der Waals surface area contributed by atoms with E-state index in [0.29, 0.717) is 5.11 Å². The van der Waals surface area contributed by atoms with Gasteiger partial charge in [-0.25, -0.2) is 0 Å². The molecule has 1 aliphatic heterocycles. The highest BCUT2D eigenvalue weighted by Crippen LogP contribution is 2.34. The topological polar surface area (TPSA) is 19.7 Å². The molecule has 122 valence electrons. The summed E-state index contributed by atoms with van der Waals surface area (Å²) in [6, 6.07) is 5.43. The Morgan fingerprint density at radius 1 is 1.27 bits per heavy atom. The Morgan fingerprint density at radius 2 is 1.91 bits per heavy atom. The van der Waals surface area contributed by atoms with Gasteiger partial charge in [-0.15, -0.1) is 0 Å². The molecule has 0 bridgehead atoms. The largest absolute Gasteiger partial charge is 0.418 e. The van der Waals surface area contributed by atoms with Crippen molar-refractivity contribution >= 4 is 23.0 Å². The molecule has 2 rings (SSSR count). The Labute approximate surface area is 134 Å². The molecule has 0 amide bonds. The Hall–Kier alpha value is -1.34. The zero-order valence-electron chi connectivity index (χ0n) is 12.5. The van der Waals surface area contributed by atoms with Gasteiger partial charge >= 0.3 is 6.18 Å². The van der Waals surface area contributed by atoms with Crippen molar-refractivity contribution in [2.75, 3.05) is 38.0 Å². The summed E-state index contributed by atoms with van der Waals surface area (Å²) in [4.78, 5) is 3.47. The predicted molar refractivity (Wildman–Crippen MR) is 85.1 cm³/mol. The number of rotatable bonds is 3. The molecule has 0 aliphatic carbocycles. The number of benzene rings is 1. The lowest BCUT2D eigenvalue weighted by Crippen LogP contribution is -3.14. The van der Waals surface area contributed by atoms with Crippen LogP contribution < -0.4 is 10.2 Å². The van der Waals surface area contributed by atoms with Crippen LogP contribution >= 0.6 is 12.2 Å². The Kier molecular flexibility index (Phi) is 5.63. The average Bonchev–Trinajstić information content (AvgIpc) is 2.48. The molecule has 1 saturated heterocycles. The zero-order chi connectivity index (χ0) is 16.2. The third-order valence-corrected chi connectivity index (χ3v) is 4.20. The summed E-state index contributed by atoms with van der Waals surface area (Å²) in [6.07, 6.45) is -3.25. The number of halogens is 3. The first-order valence-electron chi connectivity index (χ1n) is 7.47. The molecule has 0 spiro atoms. The van der Waals surface area contributed by atoms with Crippen LogP contribution in [-0.2, 0) is 6.18 Å². The minimum absolute atomic E-state index is 0.0170. The predicted octanol–water partition coefficient (Wildman–Crippen LogP) is 2.01. The second-order valence-electron chi connectivity index (χ2n) is 5.46. The molecule has 7 heteroatoms. The van der Waals surface area contributed by atoms with E-state index in [1.54, 1.807) is 6.07 Å². The second kappa shape index (κ2) is 7.28. The van der Waals surface area contributed by atoms with Crippen LogP contribution in [0.3, 0.4) is 0 Å². The summed E-state index contributed by atoms with van der Waals surface area (Å²) in [5, 5.41) is 3.13. The van der Waals surface area contributed by atoms with E-state index in [-0.39, 0.29) is 5.69 Å². The van der Waals surface area contributed by atoms with Gasteiger partial charge in [0.2, 0.25) is 0 Å². The number of anilines is 1. The van der Waals surface area contributed by atoms with Crippen molar-refractivity contribution in [2.45, 2.75) is 19.5 Å². The van der Waals surface area contributed by atoms with Gasteiger partial charge in [0, 0.05) is 0 Å². The number of thiocarbonyl (C=S) groups is 1. The maximum Gasteiger partial charge on any atom is 0.418 e. The molecule has 0 atom stereocenters. The molecule has 0 saturated carbocycles. The van der Waals surface area contributed by atoms with Gasteiger partial charge < -0.3 is 15.1 Å². The third kappa shape index (κ3) is 4.33. The molecule has 0 radical (unpaired) electrons. The molecule has 0 unspecified atom stereocenters. The van der Waals surface area contributed by atoms with Crippen LogP contribution in [0.2, 0.25) is 0 Å². The monoisotopic (exact) mass is 332 g/mol. The van der Waals surface area contributed by atoms with Crippen molar-refractivity contribution in [3.8, 4) is 0 Å². The number of para-hydroxylation sites is 1. The van der Waals surface area contributed by atoms with Crippen molar-refractivity contribution in [3.05, 3.63) is 29.8 Å². The number of piperazine rings is 1. The molecule has 3 nitrogen and oxygen atoms in total. The quantitative estimate of drug-likeness (QED) is 0.826. The summed E-state index contributed by atoms with van der Waals surface area (Å²) in [6.45, 7) is 6.77. The van der Waals surface area contributed by atoms with E-state index in [1.165, 1.54) is 17.0 Å². The molecule has 1 aromatic carbocycles. The van der Waals surface area contributed by atoms with Gasteiger partial charge in [0.1, 0.15) is 0 Å². The Balaban J connectivity index is 1.99. The lowest BCUT2D eigenvalue weighted by Gasteiger charge is -2.34. The second-order valence-corrected chi connectivity index (χ2v) is 5.85. The summed E-state index contributed by atoms with van der Waals surface area (Å²) < 4.78 is 38.9. The van der Waals surface area contributed by atoms with Gasteiger partial charge in [0.15, 0.2) is 5.11 Å². The molecule has 1 heterocycles. The SMILES string of the molecule is CCC[NH+]1CCN(C(=S)Nc2ccccc2C(F)(F)F)CC1. The van der Waals surface area contributed by atoms with Crippen molar-refractivity contribution in [3.63, 3.8) is 0 Å². The number of hydrogen-bond donors (Lipinski definition) is 2. The van der Waals surface area contributed by atoms with E-state index in [2.05, 4.69) is 12.2 Å². The molecule has 0 aromatic heterocycles. The third-order valence-electron chi connectivity index (χ3n) is 3.84. The number of quaternary nitrogens is 1. The van der Waals surface area contributed by atoms with E-state index >= 15 is 0 Å². The molecular weight excluding hydrogens is 311 g/mol. The minimum Gasteiger partial charge on any atom is -0.338 e. The fourth-order valence-electron chi connectivity index (χ4n) is 2.66. The maximum atomic E-state index is 13.0. The van der Waals surface area contributed by atoms with Crippen LogP contribution in [-0.4, -0.2) is 42.7 Å². The first-order chi connectivity index (χ1) is 10.4. The fourth-order valence-corrected chi connectivity index (χ4v) is 2.96. The van der Waals surface area contributed by atoms with Crippen LogP contribution in [0.5, 0.6) is 0 Å². The van der Waals surface area contributed by atoms with Gasteiger partial charge in [-0.2, -0.15) is 13.2 Å². The molecule has 22 heavy (non-hydrogen) atoms. The van der Waals surface area contributed by atoms with Crippen molar-refractivity contribution in [2.24, 2.45) is 0 Å². The average molecular weight is 332 g/mol. The first-order valence-corrected chi connectivity index (χ1v) is 7.88. The highest BCUT2D eigenvalue weighted by Gasteiger charge is 2.33. The van der Waals surface area contributed by atoms with Crippen LogP contribution in [0.15, 0.2) is 24.3 Å². The summed E-state index contributed by atoms with van der Waals surface area (Å²) in [7, 11) is 0. The lowest BCUT2D eigenvalue weighted by atomic mass is 10.1. The summed E-state index contributed by atoms with van der Waals surface area (Å²) >= 11 is 5.28. The number of nitrogens with zero attached hydrogens (tertiary/aromatic N) is 1. The van der Waals surface area contributed by atoms with Crippen LogP contribution in [0.25, 0.3) is 0 Å². The number of nitrogens with one attached hydrogen (secondary N) is 2. The zero-order valence-corrected chi connectivity index (χ0v) is 13.4. The maximum absolute atomic E-state index is 13.0. The standard InChI is InChI=1S/C15H20F3N3S/c1-2-7-20-8-10-21(11-9-20)14(22)19-13-6-4-3-5-12(13)15(16,17)18/h3-6H,2,7-11H2,1H3,(H,19,22)/p+1. The van der Waals surface area contributed by atoms with Gasteiger partial charge in [-0.1, -0.05) is 19.1 Å². The van der Waals surface area contributed by atoms with Gasteiger partial charge in [0.25, 0.3) is 0 Å². The lowest BCUT2D eigenvalue weighted by molar-refractivity contribution is -0.903. The van der Waals surface area contributed by atoms with Crippen LogP contribution in [0.4, 0.5) is 18.9 Å². The van der Waals surface area contributed by atoms with Crippen molar-refractivity contribution < 1.29 is 18.1 Å². The molecule has 2 N–H and O–H groups in total. The minimum atomic E-state index is -4.39. The van der Waals surface area contributed by atoms with Gasteiger partial charge in [-0.05, 0) is 30.8 Å². The van der Waals surface area contributed by atoms with E-state index in [0.717, 1.165) is 45.2 Å². The Morgan fingerprint density at radius 3 is 2.50 bits per heavy atom. The first kappa shape index (κ1) is 17.0. The molecular formula is C15H21F3N3S+. The van der Waals surface area contributed by atoms with Crippen LogP contribution in [0.1, 0.15) is 18.9 Å². The van der Waals surface area contributed by atoms with Gasteiger partial charge in [-0.3, -0.25) is 0 Å². The van der Waals surface area contributed by atoms with Gasteiger partial charge in [0.05, 0.1) is 44.0 Å². The summed E-state index contributed by atoms with van der Waals surface area (Å²) in [5.41, 5.74) is -0.670. The molecule has 1 aliphatic rings. The van der Waals surface area contributed by atoms with E-state index in [9.17, 15) is 13.2 Å². The number of hydrogen-bond acceptors (Lipinski definition) is 1. The molecule has 1 fully saturated rings. The van der Waals surface area contributed by atoms with Crippen LogP contribution in [0, 0.1) is 0 Å². The fraction of sp³-hybridized carbons (Fsp3) is 0.533. The van der Waals surface area contributed by atoms with Crippen molar-refractivity contribution in [1.29, 1.82) is 0 Å². The summed E-state index contributed by atoms with van der Waals surface area (Å²) in [5.74, 6) is 0. The Bertz CT molecular complexity index is 511. The van der Waals surface area contributed by atoms with Crippen molar-refractivity contribution in [1.82, 2.24) is 4.90 Å². The smallest absolute Gasteiger partial charge is 0.338 e.